The van der Waals surface area contributed by atoms with Crippen LogP contribution in [0.5, 0.6) is 0 Å². The van der Waals surface area contributed by atoms with Crippen molar-refractivity contribution in [1.82, 2.24) is 5.01 Å². The first kappa shape index (κ1) is 15.2. The summed E-state index contributed by atoms with van der Waals surface area (Å²) in [6.07, 6.45) is 4.28. The van der Waals surface area contributed by atoms with Crippen molar-refractivity contribution in [2.24, 2.45) is 0 Å². The van der Waals surface area contributed by atoms with Gasteiger partial charge in [0.05, 0.1) is 5.69 Å². The third-order valence-corrected chi connectivity index (χ3v) is 5.20. The molecule has 0 bridgehead atoms. The van der Waals surface area contributed by atoms with Crippen molar-refractivity contribution in [2.45, 2.75) is 6.17 Å². The van der Waals surface area contributed by atoms with Crippen LogP contribution < -0.4 is 9.91 Å². The molecule has 0 aliphatic carbocycles. The molecule has 0 aromatic heterocycles. The quantitative estimate of drug-likeness (QED) is 0.584. The molecule has 26 heavy (non-hydrogen) atoms. The summed E-state index contributed by atoms with van der Waals surface area (Å²) in [5.41, 5.74) is 4.63. The van der Waals surface area contributed by atoms with Crippen molar-refractivity contribution >= 4 is 34.8 Å². The number of nitrogens with zero attached hydrogens (tertiary/aromatic N) is 3. The van der Waals surface area contributed by atoms with Crippen LogP contribution in [0.25, 0.3) is 6.08 Å². The van der Waals surface area contributed by atoms with E-state index >= 15 is 0 Å². The van der Waals surface area contributed by atoms with Crippen molar-refractivity contribution < 1.29 is 0 Å². The zero-order chi connectivity index (χ0) is 17.5. The van der Waals surface area contributed by atoms with Crippen LogP contribution in [0.3, 0.4) is 0 Å². The molecule has 0 saturated carbocycles. The Balaban J connectivity index is 1.70. The first-order chi connectivity index (χ1) is 12.8. The maximum atomic E-state index is 5.95. The van der Waals surface area contributed by atoms with Gasteiger partial charge in [0.1, 0.15) is 0 Å². The highest BCUT2D eigenvalue weighted by Crippen LogP contribution is 2.43. The highest BCUT2D eigenvalue weighted by atomic mass is 32.1. The number of benzene rings is 3. The van der Waals surface area contributed by atoms with E-state index in [0.717, 1.165) is 16.5 Å². The Kier molecular flexibility index (Phi) is 3.50. The Morgan fingerprint density at radius 2 is 1.31 bits per heavy atom. The van der Waals surface area contributed by atoms with Crippen molar-refractivity contribution in [3.05, 3.63) is 102 Å². The molecular formula is C22H17N3S. The topological polar surface area (TPSA) is 9.72 Å². The summed E-state index contributed by atoms with van der Waals surface area (Å²) in [6.45, 7) is 0. The fraction of sp³-hybridized carbons (Fsp3) is 0.0455. The van der Waals surface area contributed by atoms with Crippen molar-refractivity contribution in [3.8, 4) is 0 Å². The third-order valence-electron chi connectivity index (χ3n) is 4.83. The monoisotopic (exact) mass is 355 g/mol. The van der Waals surface area contributed by atoms with Gasteiger partial charge in [0.25, 0.3) is 0 Å². The Morgan fingerprint density at radius 1 is 0.692 bits per heavy atom. The molecule has 0 radical (unpaired) electrons. The average Bonchev–Trinajstić information content (AvgIpc) is 3.01. The number of hydrogen-bond acceptors (Lipinski definition) is 2. The van der Waals surface area contributed by atoms with E-state index in [9.17, 15) is 0 Å². The van der Waals surface area contributed by atoms with E-state index in [2.05, 4.69) is 87.9 Å². The van der Waals surface area contributed by atoms with Crippen LogP contribution in [0.1, 0.15) is 17.3 Å². The second kappa shape index (κ2) is 6.00. The van der Waals surface area contributed by atoms with Crippen molar-refractivity contribution in [2.75, 3.05) is 9.91 Å². The van der Waals surface area contributed by atoms with Gasteiger partial charge in [0.15, 0.2) is 6.17 Å². The van der Waals surface area contributed by atoms with Gasteiger partial charge >= 0.3 is 0 Å². The predicted molar refractivity (Wildman–Crippen MR) is 110 cm³/mol. The summed E-state index contributed by atoms with van der Waals surface area (Å²) >= 11 is 5.95. The fourth-order valence-corrected chi connectivity index (χ4v) is 4.08. The normalized spacial score (nSPS) is 18.1. The van der Waals surface area contributed by atoms with Crippen molar-refractivity contribution in [3.63, 3.8) is 0 Å². The molecule has 3 aromatic carbocycles. The van der Waals surface area contributed by atoms with E-state index < -0.39 is 0 Å². The van der Waals surface area contributed by atoms with Crippen LogP contribution in [0.2, 0.25) is 0 Å². The molecule has 1 fully saturated rings. The Bertz CT molecular complexity index is 985. The molecule has 1 atom stereocenters. The van der Waals surface area contributed by atoms with Crippen LogP contribution >= 0.6 is 12.2 Å². The van der Waals surface area contributed by atoms with Crippen LogP contribution in [-0.4, -0.2) is 10.1 Å². The summed E-state index contributed by atoms with van der Waals surface area (Å²) in [4.78, 5) is 2.23. The van der Waals surface area contributed by atoms with Gasteiger partial charge in [-0.15, -0.1) is 0 Å². The zero-order valence-electron chi connectivity index (χ0n) is 14.1. The van der Waals surface area contributed by atoms with Crippen LogP contribution in [0, 0.1) is 0 Å². The van der Waals surface area contributed by atoms with Gasteiger partial charge in [-0.05, 0) is 48.1 Å². The van der Waals surface area contributed by atoms with E-state index in [0.29, 0.717) is 0 Å². The number of hydrogen-bond donors (Lipinski definition) is 0. The Labute approximate surface area is 158 Å². The number of para-hydroxylation sites is 2. The number of fused-ring (bicyclic) bond motifs is 3. The standard InChI is InChI=1S/C22H17N3S/c26-22-24(18-10-3-1-4-11-18)21-20-14-8-7-9-17(20)15-16-23(21)25(22)19-12-5-2-6-13-19/h1-16,21H. The predicted octanol–water partition coefficient (Wildman–Crippen LogP) is 5.20. The molecule has 2 heterocycles. The van der Waals surface area contributed by atoms with Crippen LogP contribution in [-0.2, 0) is 0 Å². The number of hydrazine groups is 1. The van der Waals surface area contributed by atoms with Gasteiger partial charge in [-0.25, -0.2) is 5.01 Å². The highest BCUT2D eigenvalue weighted by Gasteiger charge is 2.44. The molecule has 1 saturated heterocycles. The maximum Gasteiger partial charge on any atom is 0.202 e. The minimum Gasteiger partial charge on any atom is -0.290 e. The largest absolute Gasteiger partial charge is 0.290 e. The van der Waals surface area contributed by atoms with E-state index in [4.69, 9.17) is 12.2 Å². The minimum atomic E-state index is 0.00584. The summed E-state index contributed by atoms with van der Waals surface area (Å²) < 4.78 is 0. The van der Waals surface area contributed by atoms with Crippen LogP contribution in [0.4, 0.5) is 11.4 Å². The van der Waals surface area contributed by atoms with Gasteiger partial charge < -0.3 is 0 Å². The molecule has 0 spiro atoms. The Morgan fingerprint density at radius 3 is 2.04 bits per heavy atom. The molecule has 2 aliphatic rings. The molecule has 2 aliphatic heterocycles. The number of rotatable bonds is 2. The van der Waals surface area contributed by atoms with E-state index in [1.807, 2.05) is 24.3 Å². The molecule has 3 aromatic rings. The highest BCUT2D eigenvalue weighted by molar-refractivity contribution is 7.80. The van der Waals surface area contributed by atoms with Crippen molar-refractivity contribution in [1.29, 1.82) is 0 Å². The van der Waals surface area contributed by atoms with Gasteiger partial charge in [-0.2, -0.15) is 0 Å². The van der Waals surface area contributed by atoms with Gasteiger partial charge in [0, 0.05) is 17.5 Å². The lowest BCUT2D eigenvalue weighted by atomic mass is 10.0. The molecule has 0 N–H and O–H groups in total. The Hall–Kier alpha value is -3.11. The van der Waals surface area contributed by atoms with Gasteiger partial charge in [-0.1, -0.05) is 60.7 Å². The average molecular weight is 355 g/mol. The van der Waals surface area contributed by atoms with Gasteiger partial charge in [-0.3, -0.25) is 9.91 Å². The summed E-state index contributed by atoms with van der Waals surface area (Å²) in [5.74, 6) is 0. The lowest BCUT2D eigenvalue weighted by Gasteiger charge is -2.34. The summed E-state index contributed by atoms with van der Waals surface area (Å²) in [6, 6.07) is 29.2. The summed E-state index contributed by atoms with van der Waals surface area (Å²) in [7, 11) is 0. The lowest BCUT2D eigenvalue weighted by molar-refractivity contribution is 0.333. The first-order valence-electron chi connectivity index (χ1n) is 8.63. The van der Waals surface area contributed by atoms with E-state index in [1.54, 1.807) is 0 Å². The lowest BCUT2D eigenvalue weighted by Crippen LogP contribution is -2.36. The van der Waals surface area contributed by atoms with E-state index in [1.165, 1.54) is 11.1 Å². The molecule has 1 unspecified atom stereocenters. The molecule has 3 nitrogen and oxygen atoms in total. The number of thiocarbonyl (C=S) groups is 1. The minimum absolute atomic E-state index is 0.00584. The third kappa shape index (κ3) is 2.23. The molecule has 0 amide bonds. The van der Waals surface area contributed by atoms with Gasteiger partial charge in [0.2, 0.25) is 5.11 Å². The second-order valence-corrected chi connectivity index (χ2v) is 6.70. The molecule has 5 rings (SSSR count). The zero-order valence-corrected chi connectivity index (χ0v) is 14.9. The fourth-order valence-electron chi connectivity index (χ4n) is 3.67. The molecular weight excluding hydrogens is 338 g/mol. The van der Waals surface area contributed by atoms with Crippen LogP contribution in [0.15, 0.2) is 91.1 Å². The maximum absolute atomic E-state index is 5.95. The smallest absolute Gasteiger partial charge is 0.202 e. The molecule has 4 heteroatoms. The SMILES string of the molecule is S=C1N(c2ccccc2)C2c3ccccc3C=CN2N1c1ccccc1. The molecule has 126 valence electrons. The summed E-state index contributed by atoms with van der Waals surface area (Å²) in [5, 5.41) is 5.10. The second-order valence-electron chi connectivity index (χ2n) is 6.33. The van der Waals surface area contributed by atoms with E-state index in [-0.39, 0.29) is 6.17 Å². The number of anilines is 2. The first-order valence-corrected chi connectivity index (χ1v) is 9.04.